The van der Waals surface area contributed by atoms with Crippen LogP contribution in [0.4, 0.5) is 0 Å². The molecule has 2 aliphatic rings. The zero-order valence-electron chi connectivity index (χ0n) is 14.7. The molecular formula is C20H23BrN2O3. The summed E-state index contributed by atoms with van der Waals surface area (Å²) in [7, 11) is 0. The number of fused-ring (bicyclic) bond motifs is 1. The lowest BCUT2D eigenvalue weighted by Crippen LogP contribution is -2.36. The molecule has 0 atom stereocenters. The third kappa shape index (κ3) is 3.32. The van der Waals surface area contributed by atoms with E-state index in [1.165, 1.54) is 0 Å². The van der Waals surface area contributed by atoms with Crippen LogP contribution in [0.15, 0.2) is 28.9 Å². The minimum Gasteiger partial charge on any atom is -0.381 e. The third-order valence-electron chi connectivity index (χ3n) is 5.88. The Labute approximate surface area is 161 Å². The van der Waals surface area contributed by atoms with Crippen LogP contribution in [0, 0.1) is 5.41 Å². The van der Waals surface area contributed by atoms with Crippen LogP contribution >= 0.6 is 15.9 Å². The Bertz CT molecular complexity index is 839. The minimum atomic E-state index is 0.179. The molecular weight excluding hydrogens is 396 g/mol. The van der Waals surface area contributed by atoms with Crippen LogP contribution in [0.2, 0.25) is 0 Å². The van der Waals surface area contributed by atoms with Crippen molar-refractivity contribution in [1.82, 2.24) is 9.47 Å². The summed E-state index contributed by atoms with van der Waals surface area (Å²) in [6.07, 6.45) is 6.42. The van der Waals surface area contributed by atoms with Crippen molar-refractivity contribution in [2.45, 2.75) is 32.2 Å². The number of ether oxygens (including phenoxy) is 1. The van der Waals surface area contributed by atoms with E-state index in [9.17, 15) is 9.59 Å². The van der Waals surface area contributed by atoms with Gasteiger partial charge in [-0.05, 0) is 48.4 Å². The first-order valence-electron chi connectivity index (χ1n) is 9.17. The van der Waals surface area contributed by atoms with Gasteiger partial charge in [0.05, 0.1) is 13.0 Å². The van der Waals surface area contributed by atoms with E-state index in [0.717, 1.165) is 72.8 Å². The fraction of sp³-hybridized carbons (Fsp3) is 0.500. The van der Waals surface area contributed by atoms with Gasteiger partial charge < -0.3 is 19.0 Å². The van der Waals surface area contributed by atoms with Crippen LogP contribution in [0.1, 0.15) is 24.8 Å². The summed E-state index contributed by atoms with van der Waals surface area (Å²) in [5.74, 6) is 0.179. The highest BCUT2D eigenvalue weighted by Crippen LogP contribution is 2.40. The maximum Gasteiger partial charge on any atom is 0.227 e. The van der Waals surface area contributed by atoms with E-state index in [1.807, 2.05) is 33.9 Å². The summed E-state index contributed by atoms with van der Waals surface area (Å²) in [5.41, 5.74) is 2.24. The van der Waals surface area contributed by atoms with E-state index >= 15 is 0 Å². The first-order chi connectivity index (χ1) is 12.6. The summed E-state index contributed by atoms with van der Waals surface area (Å²) >= 11 is 3.51. The smallest absolute Gasteiger partial charge is 0.227 e. The number of rotatable bonds is 4. The van der Waals surface area contributed by atoms with E-state index in [0.29, 0.717) is 13.0 Å². The molecule has 1 aromatic heterocycles. The molecule has 1 spiro atoms. The standard InChI is InChI=1S/C20H23BrN2O3/c21-16-1-2-18-17(12-16)15(13-22(18)7-8-24)11-19(25)23-6-3-20(14-23)4-9-26-10-5-20/h1-2,8,12-13H,3-7,9-11,14H2. The first kappa shape index (κ1) is 17.7. The van der Waals surface area contributed by atoms with Crippen molar-refractivity contribution in [3.63, 3.8) is 0 Å². The van der Waals surface area contributed by atoms with Crippen LogP contribution in [0.5, 0.6) is 0 Å². The van der Waals surface area contributed by atoms with Crippen molar-refractivity contribution in [3.8, 4) is 0 Å². The summed E-state index contributed by atoms with van der Waals surface area (Å²) in [6, 6.07) is 5.98. The molecule has 2 aromatic rings. The van der Waals surface area contributed by atoms with Gasteiger partial charge in [0.2, 0.25) is 5.91 Å². The van der Waals surface area contributed by atoms with Crippen molar-refractivity contribution in [2.24, 2.45) is 5.41 Å². The van der Waals surface area contributed by atoms with Crippen molar-refractivity contribution < 1.29 is 14.3 Å². The monoisotopic (exact) mass is 418 g/mol. The number of aldehydes is 1. The molecule has 1 amide bonds. The molecule has 2 fully saturated rings. The number of carbonyl (C=O) groups excluding carboxylic acids is 2. The highest BCUT2D eigenvalue weighted by molar-refractivity contribution is 9.10. The van der Waals surface area contributed by atoms with Gasteiger partial charge in [-0.1, -0.05) is 15.9 Å². The second-order valence-corrected chi connectivity index (χ2v) is 8.40. The number of amides is 1. The van der Waals surface area contributed by atoms with Gasteiger partial charge in [0.1, 0.15) is 6.29 Å². The van der Waals surface area contributed by atoms with Crippen molar-refractivity contribution >= 4 is 39.0 Å². The first-order valence-corrected chi connectivity index (χ1v) is 9.96. The van der Waals surface area contributed by atoms with Crippen LogP contribution in [-0.4, -0.2) is 48.0 Å². The fourth-order valence-corrected chi connectivity index (χ4v) is 4.71. The summed E-state index contributed by atoms with van der Waals surface area (Å²) in [5, 5.41) is 1.04. The van der Waals surface area contributed by atoms with Gasteiger partial charge in [-0.15, -0.1) is 0 Å². The molecule has 6 heteroatoms. The largest absolute Gasteiger partial charge is 0.381 e. The minimum absolute atomic E-state index is 0.179. The van der Waals surface area contributed by atoms with Crippen molar-refractivity contribution in [2.75, 3.05) is 26.3 Å². The zero-order valence-corrected chi connectivity index (χ0v) is 16.3. The average molecular weight is 419 g/mol. The second kappa shape index (κ2) is 7.16. The van der Waals surface area contributed by atoms with Crippen molar-refractivity contribution in [1.29, 1.82) is 0 Å². The molecule has 0 saturated carbocycles. The van der Waals surface area contributed by atoms with Crippen LogP contribution in [-0.2, 0) is 27.3 Å². The molecule has 0 unspecified atom stereocenters. The molecule has 1 aromatic carbocycles. The lowest BCUT2D eigenvalue weighted by Gasteiger charge is -2.33. The van der Waals surface area contributed by atoms with Gasteiger partial charge in [-0.2, -0.15) is 0 Å². The van der Waals surface area contributed by atoms with Gasteiger partial charge in [0.15, 0.2) is 0 Å². The molecule has 138 valence electrons. The number of aromatic nitrogens is 1. The molecule has 2 saturated heterocycles. The molecule has 3 heterocycles. The van der Waals surface area contributed by atoms with E-state index in [2.05, 4.69) is 15.9 Å². The fourth-order valence-electron chi connectivity index (χ4n) is 4.35. The molecule has 0 aliphatic carbocycles. The highest BCUT2D eigenvalue weighted by Gasteiger charge is 2.40. The number of likely N-dealkylation sites (tertiary alicyclic amines) is 1. The maximum absolute atomic E-state index is 12.9. The van der Waals surface area contributed by atoms with E-state index in [1.54, 1.807) is 0 Å². The Morgan fingerprint density at radius 3 is 2.85 bits per heavy atom. The molecule has 0 N–H and O–H groups in total. The quantitative estimate of drug-likeness (QED) is 0.716. The Morgan fingerprint density at radius 1 is 1.27 bits per heavy atom. The molecule has 26 heavy (non-hydrogen) atoms. The number of carbonyl (C=O) groups is 2. The number of halogens is 1. The molecule has 0 radical (unpaired) electrons. The predicted molar refractivity (Wildman–Crippen MR) is 103 cm³/mol. The van der Waals surface area contributed by atoms with Crippen LogP contribution in [0.3, 0.4) is 0 Å². The molecule has 4 rings (SSSR count). The van der Waals surface area contributed by atoms with Crippen LogP contribution < -0.4 is 0 Å². The van der Waals surface area contributed by atoms with E-state index in [4.69, 9.17) is 4.74 Å². The maximum atomic E-state index is 12.9. The average Bonchev–Trinajstić information content (AvgIpc) is 3.18. The number of benzene rings is 1. The Kier molecular flexibility index (Phi) is 4.88. The lowest BCUT2D eigenvalue weighted by atomic mass is 9.80. The van der Waals surface area contributed by atoms with E-state index in [-0.39, 0.29) is 11.3 Å². The van der Waals surface area contributed by atoms with Crippen molar-refractivity contribution in [3.05, 3.63) is 34.4 Å². The zero-order chi connectivity index (χ0) is 18.1. The Balaban J connectivity index is 1.54. The third-order valence-corrected chi connectivity index (χ3v) is 6.38. The summed E-state index contributed by atoms with van der Waals surface area (Å²) in [6.45, 7) is 3.63. The van der Waals surface area contributed by atoms with E-state index < -0.39 is 0 Å². The van der Waals surface area contributed by atoms with Gasteiger partial charge in [0.25, 0.3) is 0 Å². The predicted octanol–water partition coefficient (Wildman–Crippen LogP) is 3.17. The summed E-state index contributed by atoms with van der Waals surface area (Å²) < 4.78 is 8.39. The Morgan fingerprint density at radius 2 is 2.08 bits per heavy atom. The van der Waals surface area contributed by atoms with Gasteiger partial charge in [0, 0.05) is 47.9 Å². The number of hydrogen-bond donors (Lipinski definition) is 0. The van der Waals surface area contributed by atoms with Crippen LogP contribution in [0.25, 0.3) is 10.9 Å². The molecule has 0 bridgehead atoms. The van der Waals surface area contributed by atoms with Gasteiger partial charge in [-0.25, -0.2) is 0 Å². The lowest BCUT2D eigenvalue weighted by molar-refractivity contribution is -0.130. The molecule has 5 nitrogen and oxygen atoms in total. The Hall–Kier alpha value is -1.66. The van der Waals surface area contributed by atoms with Gasteiger partial charge >= 0.3 is 0 Å². The molecule has 2 aliphatic heterocycles. The summed E-state index contributed by atoms with van der Waals surface area (Å²) in [4.78, 5) is 25.9. The normalized spacial score (nSPS) is 19.3. The van der Waals surface area contributed by atoms with Gasteiger partial charge in [-0.3, -0.25) is 4.79 Å². The number of nitrogens with zero attached hydrogens (tertiary/aromatic N) is 2. The number of hydrogen-bond acceptors (Lipinski definition) is 3. The topological polar surface area (TPSA) is 51.5 Å². The second-order valence-electron chi connectivity index (χ2n) is 7.49. The highest BCUT2D eigenvalue weighted by atomic mass is 79.9. The SMILES string of the molecule is O=CCn1cc(CC(=O)N2CCC3(CCOCC3)C2)c2cc(Br)ccc21.